The van der Waals surface area contributed by atoms with Crippen LogP contribution in [-0.4, -0.2) is 72.3 Å². The van der Waals surface area contributed by atoms with Crippen LogP contribution in [0.4, 0.5) is 0 Å². The number of likely N-dealkylation sites (tertiary alicyclic amines) is 1. The van der Waals surface area contributed by atoms with Crippen LogP contribution in [0.5, 0.6) is 0 Å². The van der Waals surface area contributed by atoms with Crippen LogP contribution < -0.4 is 5.73 Å². The first kappa shape index (κ1) is 17.9. The molecule has 0 saturated carbocycles. The molecule has 2 fully saturated rings. The van der Waals surface area contributed by atoms with Crippen molar-refractivity contribution < 1.29 is 9.59 Å². The molecule has 0 aromatic heterocycles. The number of hydrogen-bond donors (Lipinski definition) is 1. The Morgan fingerprint density at radius 3 is 2.12 bits per heavy atom. The maximum Gasteiger partial charge on any atom is 0.236 e. The summed E-state index contributed by atoms with van der Waals surface area (Å²) < 4.78 is 0. The molecule has 0 bridgehead atoms. The topological polar surface area (TPSA) is 69.9 Å². The van der Waals surface area contributed by atoms with Crippen LogP contribution in [0, 0.1) is 0 Å². The molecule has 2 aliphatic heterocycles. The summed E-state index contributed by atoms with van der Waals surface area (Å²) in [6.07, 6.45) is 2.57. The quantitative estimate of drug-likeness (QED) is 0.859. The smallest absolute Gasteiger partial charge is 0.236 e. The maximum absolute atomic E-state index is 12.5. The van der Waals surface area contributed by atoms with Gasteiger partial charge in [-0.15, -0.1) is 0 Å². The summed E-state index contributed by atoms with van der Waals surface area (Å²) in [4.78, 5) is 30.7. The lowest BCUT2D eigenvalue weighted by molar-refractivity contribution is -0.135. The van der Waals surface area contributed by atoms with Gasteiger partial charge in [0.15, 0.2) is 0 Å². The van der Waals surface area contributed by atoms with Crippen LogP contribution in [0.3, 0.4) is 0 Å². The summed E-state index contributed by atoms with van der Waals surface area (Å²) in [6, 6.07) is 9.48. The number of amides is 2. The van der Waals surface area contributed by atoms with Gasteiger partial charge in [0.25, 0.3) is 0 Å². The van der Waals surface area contributed by atoms with E-state index in [1.165, 1.54) is 0 Å². The predicted octanol–water partition coefficient (Wildman–Crippen LogP) is 0.843. The van der Waals surface area contributed by atoms with Gasteiger partial charge in [-0.3, -0.25) is 14.5 Å². The maximum atomic E-state index is 12.5. The molecule has 2 heterocycles. The van der Waals surface area contributed by atoms with E-state index in [0.717, 1.165) is 44.6 Å². The average Bonchev–Trinajstić information content (AvgIpc) is 3.18. The molecule has 25 heavy (non-hydrogen) atoms. The summed E-state index contributed by atoms with van der Waals surface area (Å²) in [5.41, 5.74) is 7.15. The summed E-state index contributed by atoms with van der Waals surface area (Å²) in [7, 11) is 0. The Morgan fingerprint density at radius 2 is 1.48 bits per heavy atom. The number of nitrogens with two attached hydrogens (primary N) is 1. The van der Waals surface area contributed by atoms with Crippen LogP contribution in [0.2, 0.25) is 0 Å². The van der Waals surface area contributed by atoms with E-state index in [1.54, 1.807) is 0 Å². The minimum absolute atomic E-state index is 0.0990. The first-order valence-corrected chi connectivity index (χ1v) is 9.22. The van der Waals surface area contributed by atoms with E-state index in [1.807, 2.05) is 40.1 Å². The molecule has 2 saturated heterocycles. The summed E-state index contributed by atoms with van der Waals surface area (Å²) in [5.74, 6) is 0.324. The van der Waals surface area contributed by atoms with Crippen molar-refractivity contribution in [3.05, 3.63) is 35.9 Å². The van der Waals surface area contributed by atoms with E-state index in [-0.39, 0.29) is 17.9 Å². The van der Waals surface area contributed by atoms with E-state index in [9.17, 15) is 9.59 Å². The average molecular weight is 344 g/mol. The standard InChI is InChI=1S/C19H28N4O2/c20-17(16-6-2-1-3-7-16)14-18(24)23-12-10-21(11-13-23)15-19(25)22-8-4-5-9-22/h1-3,6-7,17H,4-5,8-15,20H2. The largest absolute Gasteiger partial charge is 0.342 e. The molecule has 6 nitrogen and oxygen atoms in total. The molecule has 1 atom stereocenters. The number of benzene rings is 1. The molecule has 3 rings (SSSR count). The van der Waals surface area contributed by atoms with Crippen LogP contribution >= 0.6 is 0 Å². The van der Waals surface area contributed by atoms with Gasteiger partial charge >= 0.3 is 0 Å². The molecule has 2 aliphatic rings. The molecule has 2 amide bonds. The lowest BCUT2D eigenvalue weighted by Gasteiger charge is -2.35. The lowest BCUT2D eigenvalue weighted by Crippen LogP contribution is -2.51. The van der Waals surface area contributed by atoms with Gasteiger partial charge in [0, 0.05) is 51.7 Å². The summed E-state index contributed by atoms with van der Waals surface area (Å²) in [6.45, 7) is 5.13. The first-order chi connectivity index (χ1) is 12.1. The van der Waals surface area contributed by atoms with E-state index in [2.05, 4.69) is 4.90 Å². The minimum atomic E-state index is -0.261. The molecule has 0 radical (unpaired) electrons. The van der Waals surface area contributed by atoms with Gasteiger partial charge in [0.1, 0.15) is 0 Å². The van der Waals surface area contributed by atoms with Crippen molar-refractivity contribution in [3.63, 3.8) is 0 Å². The Kier molecular flexibility index (Phi) is 6.04. The molecule has 136 valence electrons. The highest BCUT2D eigenvalue weighted by molar-refractivity contribution is 5.79. The van der Waals surface area contributed by atoms with Crippen LogP contribution in [-0.2, 0) is 9.59 Å². The fraction of sp³-hybridized carbons (Fsp3) is 0.579. The van der Waals surface area contributed by atoms with Gasteiger partial charge in [-0.1, -0.05) is 30.3 Å². The summed E-state index contributed by atoms with van der Waals surface area (Å²) in [5, 5.41) is 0. The Bertz CT molecular complexity index is 578. The second-order valence-corrected chi connectivity index (χ2v) is 6.97. The van der Waals surface area contributed by atoms with Crippen molar-refractivity contribution in [1.29, 1.82) is 0 Å². The Labute approximate surface area is 149 Å². The second-order valence-electron chi connectivity index (χ2n) is 6.97. The second kappa shape index (κ2) is 8.45. The van der Waals surface area contributed by atoms with Crippen molar-refractivity contribution in [2.75, 3.05) is 45.8 Å². The van der Waals surface area contributed by atoms with Crippen molar-refractivity contribution in [2.24, 2.45) is 5.73 Å². The number of hydrogen-bond acceptors (Lipinski definition) is 4. The molecular weight excluding hydrogens is 316 g/mol. The van der Waals surface area contributed by atoms with E-state index >= 15 is 0 Å². The van der Waals surface area contributed by atoms with Gasteiger partial charge in [-0.25, -0.2) is 0 Å². The third kappa shape index (κ3) is 4.80. The molecule has 0 aliphatic carbocycles. The Morgan fingerprint density at radius 1 is 0.880 bits per heavy atom. The number of piperazine rings is 1. The van der Waals surface area contributed by atoms with Crippen molar-refractivity contribution in [2.45, 2.75) is 25.3 Å². The van der Waals surface area contributed by atoms with Crippen molar-refractivity contribution in [1.82, 2.24) is 14.7 Å². The third-order valence-corrected chi connectivity index (χ3v) is 5.16. The minimum Gasteiger partial charge on any atom is -0.342 e. The predicted molar refractivity (Wildman–Crippen MR) is 96.8 cm³/mol. The highest BCUT2D eigenvalue weighted by Crippen LogP contribution is 2.16. The number of carbonyl (C=O) groups excluding carboxylic acids is 2. The van der Waals surface area contributed by atoms with Crippen molar-refractivity contribution >= 4 is 11.8 Å². The molecule has 1 aromatic carbocycles. The number of carbonyl (C=O) groups is 2. The molecule has 1 unspecified atom stereocenters. The zero-order valence-electron chi connectivity index (χ0n) is 14.8. The fourth-order valence-corrected chi connectivity index (χ4v) is 3.55. The van der Waals surface area contributed by atoms with Gasteiger partial charge in [0.2, 0.25) is 11.8 Å². The molecule has 0 spiro atoms. The SMILES string of the molecule is NC(CC(=O)N1CCN(CC(=O)N2CCCC2)CC1)c1ccccc1. The first-order valence-electron chi connectivity index (χ1n) is 9.22. The highest BCUT2D eigenvalue weighted by atomic mass is 16.2. The van der Waals surface area contributed by atoms with Crippen LogP contribution in [0.1, 0.15) is 30.9 Å². The number of nitrogens with zero attached hydrogens (tertiary/aromatic N) is 3. The zero-order valence-corrected chi connectivity index (χ0v) is 14.8. The van der Waals surface area contributed by atoms with E-state index in [4.69, 9.17) is 5.73 Å². The monoisotopic (exact) mass is 344 g/mol. The van der Waals surface area contributed by atoms with E-state index in [0.29, 0.717) is 26.1 Å². The highest BCUT2D eigenvalue weighted by Gasteiger charge is 2.26. The molecule has 6 heteroatoms. The number of rotatable bonds is 5. The molecule has 2 N–H and O–H groups in total. The van der Waals surface area contributed by atoms with Crippen LogP contribution in [0.25, 0.3) is 0 Å². The van der Waals surface area contributed by atoms with Gasteiger partial charge < -0.3 is 15.5 Å². The molecular formula is C19H28N4O2. The van der Waals surface area contributed by atoms with Crippen LogP contribution in [0.15, 0.2) is 30.3 Å². The van der Waals surface area contributed by atoms with Gasteiger partial charge in [-0.2, -0.15) is 0 Å². The van der Waals surface area contributed by atoms with Gasteiger partial charge in [-0.05, 0) is 18.4 Å². The zero-order chi connectivity index (χ0) is 17.6. The fourth-order valence-electron chi connectivity index (χ4n) is 3.55. The Balaban J connectivity index is 1.42. The van der Waals surface area contributed by atoms with Gasteiger partial charge in [0.05, 0.1) is 6.54 Å². The lowest BCUT2D eigenvalue weighted by atomic mass is 10.0. The normalized spacial score (nSPS) is 19.9. The van der Waals surface area contributed by atoms with E-state index < -0.39 is 0 Å². The summed E-state index contributed by atoms with van der Waals surface area (Å²) >= 11 is 0. The third-order valence-electron chi connectivity index (χ3n) is 5.16. The molecule has 1 aromatic rings. The Hall–Kier alpha value is -1.92. The van der Waals surface area contributed by atoms with Crippen molar-refractivity contribution in [3.8, 4) is 0 Å².